The molecule has 2 aliphatic rings. The third-order valence-electron chi connectivity index (χ3n) is 6.01. The predicted molar refractivity (Wildman–Crippen MR) is 121 cm³/mol. The lowest BCUT2D eigenvalue weighted by molar-refractivity contribution is 0.102. The number of piperidine rings is 1. The van der Waals surface area contributed by atoms with E-state index in [0.717, 1.165) is 50.9 Å². The Balaban J connectivity index is 1.64. The maximum absolute atomic E-state index is 14.0. The van der Waals surface area contributed by atoms with Gasteiger partial charge in [-0.2, -0.15) is 4.31 Å². The molecule has 0 spiro atoms. The quantitative estimate of drug-likeness (QED) is 0.707. The van der Waals surface area contributed by atoms with Gasteiger partial charge in [0.2, 0.25) is 10.0 Å². The number of nitrogens with zero attached hydrogens (tertiary/aromatic N) is 2. The van der Waals surface area contributed by atoms with Crippen molar-refractivity contribution < 1.29 is 22.3 Å². The van der Waals surface area contributed by atoms with Gasteiger partial charge >= 0.3 is 0 Å². The van der Waals surface area contributed by atoms with Crippen molar-refractivity contribution in [2.45, 2.75) is 37.0 Å². The van der Waals surface area contributed by atoms with Crippen LogP contribution in [0.25, 0.3) is 0 Å². The number of hydrogen-bond donors (Lipinski definition) is 1. The Kier molecular flexibility index (Phi) is 6.66. The molecule has 0 aliphatic carbocycles. The maximum atomic E-state index is 14.0. The van der Waals surface area contributed by atoms with E-state index >= 15 is 0 Å². The number of carbonyl (C=O) groups excluding carboxylic acids is 1. The van der Waals surface area contributed by atoms with Gasteiger partial charge in [0.1, 0.15) is 16.5 Å². The summed E-state index contributed by atoms with van der Waals surface area (Å²) in [5, 5.41) is 2.78. The number of sulfonamides is 1. The van der Waals surface area contributed by atoms with E-state index in [0.29, 0.717) is 18.8 Å². The van der Waals surface area contributed by atoms with E-state index in [1.165, 1.54) is 41.7 Å². The number of rotatable bonds is 6. The SMILES string of the molecule is COc1ccc(C(=O)Nc2cc(F)ccc2N2CCCCC2)cc1S(=O)(=O)N1CCCC1. The van der Waals surface area contributed by atoms with E-state index in [-0.39, 0.29) is 16.2 Å². The summed E-state index contributed by atoms with van der Waals surface area (Å²) in [7, 11) is -2.38. The first-order valence-corrected chi connectivity index (χ1v) is 12.4. The van der Waals surface area contributed by atoms with Gasteiger partial charge in [0, 0.05) is 31.7 Å². The van der Waals surface area contributed by atoms with Gasteiger partial charge in [0.05, 0.1) is 18.5 Å². The molecule has 2 saturated heterocycles. The molecular weight excluding hydrogens is 433 g/mol. The van der Waals surface area contributed by atoms with E-state index < -0.39 is 21.7 Å². The Morgan fingerprint density at radius 1 is 0.969 bits per heavy atom. The van der Waals surface area contributed by atoms with Crippen molar-refractivity contribution in [1.29, 1.82) is 0 Å². The molecule has 172 valence electrons. The minimum atomic E-state index is -3.78. The lowest BCUT2D eigenvalue weighted by Crippen LogP contribution is -2.30. The highest BCUT2D eigenvalue weighted by atomic mass is 32.2. The highest BCUT2D eigenvalue weighted by Gasteiger charge is 2.31. The van der Waals surface area contributed by atoms with Crippen LogP contribution in [-0.4, -0.2) is 51.9 Å². The summed E-state index contributed by atoms with van der Waals surface area (Å²) in [5.74, 6) is -0.768. The molecule has 0 atom stereocenters. The number of halogens is 1. The molecular formula is C23H28FN3O4S. The van der Waals surface area contributed by atoms with Gasteiger partial charge in [-0.25, -0.2) is 12.8 Å². The monoisotopic (exact) mass is 461 g/mol. The topological polar surface area (TPSA) is 79.0 Å². The molecule has 9 heteroatoms. The number of amides is 1. The molecule has 2 aromatic carbocycles. The third-order valence-corrected chi connectivity index (χ3v) is 7.93. The molecule has 0 unspecified atom stereocenters. The lowest BCUT2D eigenvalue weighted by atomic mass is 10.1. The Bertz CT molecular complexity index is 1090. The van der Waals surface area contributed by atoms with E-state index in [1.807, 2.05) is 0 Å². The second-order valence-electron chi connectivity index (χ2n) is 8.14. The number of nitrogens with one attached hydrogen (secondary N) is 1. The average molecular weight is 462 g/mol. The van der Waals surface area contributed by atoms with Gasteiger partial charge in [-0.3, -0.25) is 4.79 Å². The number of methoxy groups -OCH3 is 1. The Morgan fingerprint density at radius 3 is 2.34 bits per heavy atom. The molecule has 2 aliphatic heterocycles. The van der Waals surface area contributed by atoms with Crippen LogP contribution in [0.1, 0.15) is 42.5 Å². The molecule has 0 saturated carbocycles. The number of benzene rings is 2. The van der Waals surface area contributed by atoms with Crippen LogP contribution in [0.2, 0.25) is 0 Å². The second kappa shape index (κ2) is 9.46. The fraction of sp³-hybridized carbons (Fsp3) is 0.435. The first kappa shape index (κ1) is 22.5. The van der Waals surface area contributed by atoms with Crippen molar-refractivity contribution in [3.8, 4) is 5.75 Å². The zero-order valence-electron chi connectivity index (χ0n) is 18.1. The number of hydrogen-bond acceptors (Lipinski definition) is 5. The highest BCUT2D eigenvalue weighted by Crippen LogP contribution is 2.32. The summed E-state index contributed by atoms with van der Waals surface area (Å²) < 4.78 is 46.9. The molecule has 0 aromatic heterocycles. The van der Waals surface area contributed by atoms with Crippen LogP contribution < -0.4 is 15.0 Å². The molecule has 32 heavy (non-hydrogen) atoms. The number of carbonyl (C=O) groups is 1. The lowest BCUT2D eigenvalue weighted by Gasteiger charge is -2.30. The van der Waals surface area contributed by atoms with Crippen LogP contribution >= 0.6 is 0 Å². The van der Waals surface area contributed by atoms with Gasteiger partial charge in [-0.15, -0.1) is 0 Å². The van der Waals surface area contributed by atoms with Gasteiger partial charge in [0.15, 0.2) is 0 Å². The fourth-order valence-corrected chi connectivity index (χ4v) is 6.00. The second-order valence-corrected chi connectivity index (χ2v) is 10.0. The smallest absolute Gasteiger partial charge is 0.255 e. The molecule has 1 N–H and O–H groups in total. The van der Waals surface area contributed by atoms with Crippen LogP contribution in [0.3, 0.4) is 0 Å². The predicted octanol–water partition coefficient (Wildman–Crippen LogP) is 3.86. The molecule has 4 rings (SSSR count). The number of anilines is 2. The molecule has 1 amide bonds. The number of ether oxygens (including phenoxy) is 1. The zero-order valence-corrected chi connectivity index (χ0v) is 19.0. The maximum Gasteiger partial charge on any atom is 0.255 e. The largest absolute Gasteiger partial charge is 0.495 e. The molecule has 2 aromatic rings. The van der Waals surface area contributed by atoms with Gasteiger partial charge in [0.25, 0.3) is 5.91 Å². The van der Waals surface area contributed by atoms with Crippen molar-refractivity contribution in [3.05, 3.63) is 47.8 Å². The van der Waals surface area contributed by atoms with Crippen LogP contribution in [-0.2, 0) is 10.0 Å². The summed E-state index contributed by atoms with van der Waals surface area (Å²) in [6, 6.07) is 8.68. The summed E-state index contributed by atoms with van der Waals surface area (Å²) in [5.41, 5.74) is 1.30. The minimum absolute atomic E-state index is 0.0370. The minimum Gasteiger partial charge on any atom is -0.495 e. The van der Waals surface area contributed by atoms with Crippen molar-refractivity contribution in [1.82, 2.24) is 4.31 Å². The van der Waals surface area contributed by atoms with E-state index in [9.17, 15) is 17.6 Å². The fourth-order valence-electron chi connectivity index (χ4n) is 4.30. The molecule has 2 fully saturated rings. The van der Waals surface area contributed by atoms with Crippen molar-refractivity contribution >= 4 is 27.3 Å². The molecule has 2 heterocycles. The first-order chi connectivity index (χ1) is 15.4. The summed E-state index contributed by atoms with van der Waals surface area (Å²) in [4.78, 5) is 15.2. The van der Waals surface area contributed by atoms with Crippen LogP contribution in [0.4, 0.5) is 15.8 Å². The Labute approximate surface area is 188 Å². The molecule has 7 nitrogen and oxygen atoms in total. The van der Waals surface area contributed by atoms with Crippen LogP contribution in [0.15, 0.2) is 41.3 Å². The average Bonchev–Trinajstić information content (AvgIpc) is 3.35. The van der Waals surface area contributed by atoms with Crippen molar-refractivity contribution in [2.75, 3.05) is 43.5 Å². The van der Waals surface area contributed by atoms with Gasteiger partial charge in [-0.05, 0) is 68.5 Å². The summed E-state index contributed by atoms with van der Waals surface area (Å²) in [6.45, 7) is 2.58. The standard InChI is InChI=1S/C23H28FN3O4S/c1-31-21-10-7-17(15-22(21)32(29,30)27-13-5-6-14-27)23(28)25-19-16-18(24)8-9-20(19)26-11-3-2-4-12-26/h7-10,15-16H,2-6,11-14H2,1H3,(H,25,28). The van der Waals surface area contributed by atoms with Gasteiger partial charge in [-0.1, -0.05) is 0 Å². The van der Waals surface area contributed by atoms with Gasteiger partial charge < -0.3 is 15.0 Å². The van der Waals surface area contributed by atoms with Crippen molar-refractivity contribution in [2.24, 2.45) is 0 Å². The Hall–Kier alpha value is -2.65. The summed E-state index contributed by atoms with van der Waals surface area (Å²) >= 11 is 0. The zero-order chi connectivity index (χ0) is 22.7. The van der Waals surface area contributed by atoms with Crippen LogP contribution in [0, 0.1) is 5.82 Å². The van der Waals surface area contributed by atoms with E-state index in [2.05, 4.69) is 10.2 Å². The first-order valence-electron chi connectivity index (χ1n) is 10.9. The third kappa shape index (κ3) is 4.59. The van der Waals surface area contributed by atoms with E-state index in [1.54, 1.807) is 6.07 Å². The van der Waals surface area contributed by atoms with Crippen molar-refractivity contribution in [3.63, 3.8) is 0 Å². The summed E-state index contributed by atoms with van der Waals surface area (Å²) in [6.07, 6.45) is 4.85. The van der Waals surface area contributed by atoms with E-state index in [4.69, 9.17) is 4.74 Å². The Morgan fingerprint density at radius 2 is 1.66 bits per heavy atom. The normalized spacial score (nSPS) is 17.4. The molecule has 0 bridgehead atoms. The van der Waals surface area contributed by atoms with Crippen LogP contribution in [0.5, 0.6) is 5.75 Å². The molecule has 0 radical (unpaired) electrons. The highest BCUT2D eigenvalue weighted by molar-refractivity contribution is 7.89.